The van der Waals surface area contributed by atoms with Gasteiger partial charge < -0.3 is 18.9 Å². The van der Waals surface area contributed by atoms with Crippen molar-refractivity contribution in [3.63, 3.8) is 0 Å². The molecule has 0 spiro atoms. The van der Waals surface area contributed by atoms with E-state index in [1.165, 1.54) is 11.9 Å². The Kier molecular flexibility index (Phi) is 5.43. The fraction of sp³-hybridized carbons (Fsp3) is 0.217. The number of fused-ring (bicyclic) bond motifs is 1. The number of rotatable bonds is 6. The van der Waals surface area contributed by atoms with Crippen LogP contribution in [-0.4, -0.2) is 37.6 Å². The number of hydrogen-bond donors (Lipinski definition) is 0. The molecule has 154 valence electrons. The third kappa shape index (κ3) is 3.74. The molecule has 4 rings (SSSR count). The topological polar surface area (TPSA) is 69.6 Å². The van der Waals surface area contributed by atoms with Gasteiger partial charge in [-0.2, -0.15) is 5.01 Å². The first-order valence-corrected chi connectivity index (χ1v) is 9.47. The highest BCUT2D eigenvalue weighted by Crippen LogP contribution is 2.35. The number of benzene rings is 3. The second-order valence-corrected chi connectivity index (χ2v) is 6.71. The molecule has 1 heterocycles. The minimum Gasteiger partial charge on any atom is -0.493 e. The second kappa shape index (κ2) is 8.32. The Bertz CT molecular complexity index is 1110. The van der Waals surface area contributed by atoms with Gasteiger partial charge in [0.15, 0.2) is 18.1 Å². The zero-order chi connectivity index (χ0) is 21.1. The van der Waals surface area contributed by atoms with E-state index >= 15 is 0 Å². The van der Waals surface area contributed by atoms with Gasteiger partial charge in [-0.05, 0) is 29.7 Å². The van der Waals surface area contributed by atoms with Crippen molar-refractivity contribution in [2.75, 3.05) is 20.8 Å². The molecule has 0 radical (unpaired) electrons. The Morgan fingerprint density at radius 2 is 1.77 bits per heavy atom. The van der Waals surface area contributed by atoms with Crippen molar-refractivity contribution in [3.05, 3.63) is 66.2 Å². The Morgan fingerprint density at radius 3 is 2.53 bits per heavy atom. The van der Waals surface area contributed by atoms with E-state index in [1.54, 1.807) is 26.4 Å². The molecular formula is C23H22N2O5. The van der Waals surface area contributed by atoms with E-state index in [9.17, 15) is 4.79 Å². The van der Waals surface area contributed by atoms with E-state index in [0.29, 0.717) is 23.0 Å². The maximum Gasteiger partial charge on any atom is 0.247 e. The minimum absolute atomic E-state index is 0.0988. The van der Waals surface area contributed by atoms with Crippen molar-refractivity contribution in [2.24, 2.45) is 5.10 Å². The average molecular weight is 406 g/mol. The average Bonchev–Trinajstić information content (AvgIpc) is 3.22. The monoisotopic (exact) mass is 406 g/mol. The van der Waals surface area contributed by atoms with E-state index in [-0.39, 0.29) is 12.5 Å². The highest BCUT2D eigenvalue weighted by atomic mass is 16.6. The summed E-state index contributed by atoms with van der Waals surface area (Å²) >= 11 is 0. The maximum absolute atomic E-state index is 12.1. The van der Waals surface area contributed by atoms with Gasteiger partial charge in [0.05, 0.1) is 14.2 Å². The van der Waals surface area contributed by atoms with Crippen molar-refractivity contribution >= 4 is 22.6 Å². The van der Waals surface area contributed by atoms with E-state index in [0.717, 1.165) is 16.5 Å². The van der Waals surface area contributed by atoms with Crippen LogP contribution in [0.3, 0.4) is 0 Å². The highest BCUT2D eigenvalue weighted by Gasteiger charge is 2.33. The largest absolute Gasteiger partial charge is 0.493 e. The number of hydrazone groups is 1. The minimum atomic E-state index is -0.701. The van der Waals surface area contributed by atoms with Gasteiger partial charge in [0, 0.05) is 17.9 Å². The molecule has 7 nitrogen and oxygen atoms in total. The zero-order valence-corrected chi connectivity index (χ0v) is 17.0. The van der Waals surface area contributed by atoms with Gasteiger partial charge in [-0.1, -0.05) is 36.4 Å². The van der Waals surface area contributed by atoms with Gasteiger partial charge in [-0.15, -0.1) is 5.10 Å². The third-order valence-electron chi connectivity index (χ3n) is 4.81. The first-order valence-electron chi connectivity index (χ1n) is 9.47. The van der Waals surface area contributed by atoms with Crippen molar-refractivity contribution in [1.29, 1.82) is 0 Å². The number of nitrogens with zero attached hydrogens (tertiary/aromatic N) is 2. The van der Waals surface area contributed by atoms with Gasteiger partial charge in [-0.25, -0.2) is 0 Å². The summed E-state index contributed by atoms with van der Waals surface area (Å²) in [6, 6.07) is 19.2. The Balaban J connectivity index is 1.54. The summed E-state index contributed by atoms with van der Waals surface area (Å²) in [4.78, 5) is 12.1. The molecule has 3 aromatic rings. The SMILES string of the molecule is COc1ccc(C2OC(COc3cccc4ccccc34)=NN2C(C)=O)cc1OC. The van der Waals surface area contributed by atoms with E-state index < -0.39 is 6.23 Å². The predicted octanol–water partition coefficient (Wildman–Crippen LogP) is 4.13. The molecule has 7 heteroatoms. The summed E-state index contributed by atoms with van der Waals surface area (Å²) in [6.07, 6.45) is -0.701. The molecule has 0 saturated carbocycles. The molecule has 0 N–H and O–H groups in total. The summed E-state index contributed by atoms with van der Waals surface area (Å²) < 4.78 is 22.6. The summed E-state index contributed by atoms with van der Waals surface area (Å²) in [7, 11) is 3.12. The van der Waals surface area contributed by atoms with Crippen LogP contribution in [-0.2, 0) is 9.53 Å². The van der Waals surface area contributed by atoms with Crippen LogP contribution in [0.4, 0.5) is 0 Å². The van der Waals surface area contributed by atoms with E-state index in [1.807, 2.05) is 48.5 Å². The lowest BCUT2D eigenvalue weighted by Crippen LogP contribution is -2.25. The number of amides is 1. The summed E-state index contributed by atoms with van der Waals surface area (Å²) in [5.74, 6) is 1.94. The van der Waals surface area contributed by atoms with E-state index in [4.69, 9.17) is 18.9 Å². The zero-order valence-electron chi connectivity index (χ0n) is 17.0. The Labute approximate surface area is 174 Å². The molecule has 0 bridgehead atoms. The molecule has 1 aliphatic rings. The van der Waals surface area contributed by atoms with Crippen molar-refractivity contribution in [2.45, 2.75) is 13.2 Å². The number of ether oxygens (including phenoxy) is 4. The van der Waals surface area contributed by atoms with Crippen LogP contribution in [0.5, 0.6) is 17.2 Å². The van der Waals surface area contributed by atoms with Gasteiger partial charge in [0.2, 0.25) is 18.0 Å². The fourth-order valence-corrected chi connectivity index (χ4v) is 3.35. The summed E-state index contributed by atoms with van der Waals surface area (Å²) in [6.45, 7) is 1.54. The van der Waals surface area contributed by atoms with Crippen molar-refractivity contribution in [1.82, 2.24) is 5.01 Å². The molecule has 0 saturated heterocycles. The lowest BCUT2D eigenvalue weighted by Gasteiger charge is -2.20. The van der Waals surface area contributed by atoms with Gasteiger partial charge in [0.25, 0.3) is 0 Å². The molecule has 0 aliphatic carbocycles. The molecule has 0 aromatic heterocycles. The van der Waals surface area contributed by atoms with Crippen LogP contribution in [0.25, 0.3) is 10.8 Å². The number of hydrogen-bond acceptors (Lipinski definition) is 6. The molecular weight excluding hydrogens is 384 g/mol. The quantitative estimate of drug-likeness (QED) is 0.616. The molecule has 1 amide bonds. The van der Waals surface area contributed by atoms with Crippen LogP contribution in [0.2, 0.25) is 0 Å². The fourth-order valence-electron chi connectivity index (χ4n) is 3.35. The number of carbonyl (C=O) groups excluding carboxylic acids is 1. The smallest absolute Gasteiger partial charge is 0.247 e. The summed E-state index contributed by atoms with van der Waals surface area (Å²) in [5.41, 5.74) is 0.715. The Morgan fingerprint density at radius 1 is 1.00 bits per heavy atom. The molecule has 1 unspecified atom stereocenters. The molecule has 1 aliphatic heterocycles. The molecule has 30 heavy (non-hydrogen) atoms. The first-order chi connectivity index (χ1) is 14.6. The first kappa shape index (κ1) is 19.6. The van der Waals surface area contributed by atoms with Crippen LogP contribution >= 0.6 is 0 Å². The Hall–Kier alpha value is -3.74. The lowest BCUT2D eigenvalue weighted by atomic mass is 10.1. The second-order valence-electron chi connectivity index (χ2n) is 6.71. The maximum atomic E-state index is 12.1. The van der Waals surface area contributed by atoms with Crippen LogP contribution in [0.1, 0.15) is 18.7 Å². The molecule has 1 atom stereocenters. The van der Waals surface area contributed by atoms with Crippen molar-refractivity contribution < 1.29 is 23.7 Å². The van der Waals surface area contributed by atoms with Gasteiger partial charge >= 0.3 is 0 Å². The highest BCUT2D eigenvalue weighted by molar-refractivity contribution is 5.89. The normalized spacial score (nSPS) is 15.5. The van der Waals surface area contributed by atoms with Gasteiger partial charge in [0.1, 0.15) is 5.75 Å². The summed E-state index contributed by atoms with van der Waals surface area (Å²) in [5, 5.41) is 7.69. The predicted molar refractivity (Wildman–Crippen MR) is 113 cm³/mol. The van der Waals surface area contributed by atoms with Crippen molar-refractivity contribution in [3.8, 4) is 17.2 Å². The molecule has 0 fully saturated rings. The standard InChI is InChI=1S/C23H22N2O5/c1-15(26)25-23(17-11-12-20(27-2)21(13-17)28-3)30-22(24-25)14-29-19-10-6-8-16-7-4-5-9-18(16)19/h4-13,23H,14H2,1-3H3. The van der Waals surface area contributed by atoms with Crippen LogP contribution in [0.15, 0.2) is 65.8 Å². The number of methoxy groups -OCH3 is 2. The molecule has 3 aromatic carbocycles. The van der Waals surface area contributed by atoms with Gasteiger partial charge in [-0.3, -0.25) is 4.79 Å². The van der Waals surface area contributed by atoms with Crippen LogP contribution in [0, 0.1) is 0 Å². The van der Waals surface area contributed by atoms with E-state index in [2.05, 4.69) is 5.10 Å². The lowest BCUT2D eigenvalue weighted by molar-refractivity contribution is -0.135. The third-order valence-corrected chi connectivity index (χ3v) is 4.81. The number of carbonyl (C=O) groups is 1. The van der Waals surface area contributed by atoms with Crippen LogP contribution < -0.4 is 14.2 Å².